The third-order valence-corrected chi connectivity index (χ3v) is 14.3. The predicted molar refractivity (Wildman–Crippen MR) is 161 cm³/mol. The van der Waals surface area contributed by atoms with Gasteiger partial charge < -0.3 is 8.85 Å². The number of hydrogen-bond acceptors (Lipinski definition) is 4. The molecule has 212 valence electrons. The van der Waals surface area contributed by atoms with Gasteiger partial charge in [-0.2, -0.15) is 0 Å². The Kier molecular flexibility index (Phi) is 9.50. The van der Waals surface area contributed by atoms with Gasteiger partial charge in [-0.05, 0) is 97.3 Å². The summed E-state index contributed by atoms with van der Waals surface area (Å²) in [6.45, 7) is 23.9. The molecule has 1 aromatic carbocycles. The van der Waals surface area contributed by atoms with Crippen LogP contribution in [0.5, 0.6) is 0 Å². The third-order valence-electron chi connectivity index (χ3n) is 12.1. The third kappa shape index (κ3) is 5.37. The van der Waals surface area contributed by atoms with Crippen molar-refractivity contribution in [2.24, 2.45) is 11.8 Å². The quantitative estimate of drug-likeness (QED) is 0.340. The summed E-state index contributed by atoms with van der Waals surface area (Å²) in [5.74, 6) is 0.863. The summed E-state index contributed by atoms with van der Waals surface area (Å²) in [6, 6.07) is 10.9. The number of likely N-dealkylation sites (tertiary alicyclic amines) is 2. The highest BCUT2D eigenvalue weighted by Crippen LogP contribution is 2.47. The minimum Gasteiger partial charge on any atom is -0.390 e. The lowest BCUT2D eigenvalue weighted by molar-refractivity contribution is -0.135. The highest BCUT2D eigenvalue weighted by Gasteiger charge is 2.54. The highest BCUT2D eigenvalue weighted by atomic mass is 28.3. The van der Waals surface area contributed by atoms with Crippen LogP contribution in [0.2, 0.25) is 0 Å². The first-order valence-electron chi connectivity index (χ1n) is 15.1. The Morgan fingerprint density at radius 1 is 0.703 bits per heavy atom. The number of benzene rings is 1. The van der Waals surface area contributed by atoms with Crippen LogP contribution in [0.4, 0.5) is 0 Å². The van der Waals surface area contributed by atoms with E-state index < -0.39 is 9.28 Å². The molecule has 2 saturated heterocycles. The van der Waals surface area contributed by atoms with E-state index in [0.29, 0.717) is 11.8 Å². The molecule has 2 aliphatic rings. The molecule has 8 atom stereocenters. The molecule has 2 heterocycles. The number of piperidine rings is 2. The first-order valence-corrected chi connectivity index (χ1v) is 16.6. The molecule has 0 aromatic heterocycles. The number of nitrogens with zero attached hydrogens (tertiary/aromatic N) is 2. The largest absolute Gasteiger partial charge is 0.390 e. The van der Waals surface area contributed by atoms with Gasteiger partial charge in [-0.1, -0.05) is 71.9 Å². The molecular weight excluding hydrogens is 472 g/mol. The number of hydrogen-bond donors (Lipinski definition) is 0. The summed E-state index contributed by atoms with van der Waals surface area (Å²) < 4.78 is 14.6. The van der Waals surface area contributed by atoms with Crippen LogP contribution in [-0.4, -0.2) is 67.5 Å². The summed E-state index contributed by atoms with van der Waals surface area (Å²) in [5, 5.41) is 1.27. The fraction of sp³-hybridized carbons (Fsp3) is 0.812. The molecule has 0 bridgehead atoms. The maximum Gasteiger partial charge on any atom is 0.356 e. The van der Waals surface area contributed by atoms with Gasteiger partial charge in [0.1, 0.15) is 0 Å². The Morgan fingerprint density at radius 3 is 1.41 bits per heavy atom. The maximum absolute atomic E-state index is 7.29. The van der Waals surface area contributed by atoms with Crippen molar-refractivity contribution < 1.29 is 8.85 Å². The molecule has 3 rings (SSSR count). The average Bonchev–Trinajstić information content (AvgIpc) is 2.92. The highest BCUT2D eigenvalue weighted by molar-refractivity contribution is 6.61. The summed E-state index contributed by atoms with van der Waals surface area (Å²) in [7, 11) is 2.50. The number of rotatable bonds is 9. The summed E-state index contributed by atoms with van der Waals surface area (Å²) in [6.07, 6.45) is 6.99. The zero-order valence-electron chi connectivity index (χ0n) is 26.2. The molecule has 0 saturated carbocycles. The van der Waals surface area contributed by atoms with E-state index in [1.807, 2.05) is 0 Å². The summed E-state index contributed by atoms with van der Waals surface area (Å²) in [5.41, 5.74) is 0.456. The standard InChI is InChI=1S/C32H58N2O2Si/c1-13-29(7)22-27(24(5)31(9,15-3)33(29)11)35-37(26-20-18-17-19-21-26)36-28-23-30(8,14-2)34(12)32(10,16-4)25(28)6/h17-21,24-25,27-28,37H,13-16,22-23H2,1-12H3. The van der Waals surface area contributed by atoms with Crippen molar-refractivity contribution in [3.63, 3.8) is 0 Å². The molecule has 5 heteroatoms. The summed E-state index contributed by atoms with van der Waals surface area (Å²) in [4.78, 5) is 5.31. The van der Waals surface area contributed by atoms with Crippen molar-refractivity contribution in [3.8, 4) is 0 Å². The molecule has 4 nitrogen and oxygen atoms in total. The minimum atomic E-state index is -2.17. The van der Waals surface area contributed by atoms with Crippen LogP contribution in [0.3, 0.4) is 0 Å². The maximum atomic E-state index is 7.29. The van der Waals surface area contributed by atoms with Crippen molar-refractivity contribution in [2.75, 3.05) is 14.1 Å². The molecular formula is C32H58N2O2Si. The van der Waals surface area contributed by atoms with Gasteiger partial charge in [-0.15, -0.1) is 0 Å². The van der Waals surface area contributed by atoms with E-state index in [1.165, 1.54) is 5.19 Å². The Labute approximate surface area is 231 Å². The van der Waals surface area contributed by atoms with Crippen molar-refractivity contribution in [1.82, 2.24) is 9.80 Å². The van der Waals surface area contributed by atoms with Crippen LogP contribution in [0.15, 0.2) is 30.3 Å². The molecule has 1 aromatic rings. The molecule has 0 N–H and O–H groups in total. The second-order valence-electron chi connectivity index (χ2n) is 13.3. The lowest BCUT2D eigenvalue weighted by Gasteiger charge is -2.60. The van der Waals surface area contributed by atoms with E-state index >= 15 is 0 Å². The monoisotopic (exact) mass is 530 g/mol. The average molecular weight is 531 g/mol. The van der Waals surface area contributed by atoms with Crippen molar-refractivity contribution in [1.29, 1.82) is 0 Å². The Hall–Kier alpha value is -0.723. The smallest absolute Gasteiger partial charge is 0.356 e. The molecule has 2 fully saturated rings. The van der Waals surface area contributed by atoms with E-state index in [9.17, 15) is 0 Å². The molecule has 0 aliphatic carbocycles. The first-order chi connectivity index (χ1) is 17.3. The molecule has 0 spiro atoms. The fourth-order valence-electron chi connectivity index (χ4n) is 7.47. The van der Waals surface area contributed by atoms with Crippen LogP contribution >= 0.6 is 0 Å². The Morgan fingerprint density at radius 2 is 1.08 bits per heavy atom. The van der Waals surface area contributed by atoms with E-state index in [-0.39, 0.29) is 34.4 Å². The lowest BCUT2D eigenvalue weighted by Crippen LogP contribution is -2.68. The summed E-state index contributed by atoms with van der Waals surface area (Å²) >= 11 is 0. The minimum absolute atomic E-state index is 0.103. The molecule has 2 aliphatic heterocycles. The van der Waals surface area contributed by atoms with E-state index in [2.05, 4.69) is 123 Å². The van der Waals surface area contributed by atoms with E-state index in [1.54, 1.807) is 0 Å². The van der Waals surface area contributed by atoms with Crippen molar-refractivity contribution in [2.45, 2.75) is 142 Å². The van der Waals surface area contributed by atoms with Gasteiger partial charge in [0.2, 0.25) is 0 Å². The van der Waals surface area contributed by atoms with Gasteiger partial charge in [0.25, 0.3) is 0 Å². The van der Waals surface area contributed by atoms with Crippen LogP contribution in [0, 0.1) is 11.8 Å². The van der Waals surface area contributed by atoms with Crippen molar-refractivity contribution in [3.05, 3.63) is 30.3 Å². The van der Waals surface area contributed by atoms with Crippen LogP contribution < -0.4 is 5.19 Å². The van der Waals surface area contributed by atoms with Crippen LogP contribution in [0.25, 0.3) is 0 Å². The molecule has 37 heavy (non-hydrogen) atoms. The second kappa shape index (κ2) is 11.4. The molecule has 8 unspecified atom stereocenters. The Bertz CT molecular complexity index is 833. The molecule has 0 amide bonds. The SMILES string of the molecule is CCC1(C)CC(O[SiH](OC2CC(C)(CC)N(C)C(C)(CC)C2C)c2ccccc2)C(C)C(C)(CC)N1C. The van der Waals surface area contributed by atoms with Crippen molar-refractivity contribution >= 4 is 14.5 Å². The van der Waals surface area contributed by atoms with E-state index in [4.69, 9.17) is 8.85 Å². The van der Waals surface area contributed by atoms with Gasteiger partial charge in [0.15, 0.2) is 0 Å². The van der Waals surface area contributed by atoms with E-state index in [0.717, 1.165) is 38.5 Å². The van der Waals surface area contributed by atoms with Gasteiger partial charge in [0.05, 0.1) is 12.2 Å². The van der Waals surface area contributed by atoms with Crippen LogP contribution in [0.1, 0.15) is 108 Å². The van der Waals surface area contributed by atoms with Gasteiger partial charge in [0, 0.05) is 22.2 Å². The van der Waals surface area contributed by atoms with Crippen LogP contribution in [-0.2, 0) is 8.85 Å². The normalized spacial score (nSPS) is 42.6. The fourth-order valence-corrected chi connectivity index (χ4v) is 9.68. The Balaban J connectivity index is 1.98. The van der Waals surface area contributed by atoms with Gasteiger partial charge in [-0.3, -0.25) is 9.80 Å². The zero-order chi connectivity index (χ0) is 27.8. The zero-order valence-corrected chi connectivity index (χ0v) is 27.4. The second-order valence-corrected chi connectivity index (χ2v) is 15.2. The first kappa shape index (κ1) is 30.8. The molecule has 0 radical (unpaired) electrons. The topological polar surface area (TPSA) is 24.9 Å². The van der Waals surface area contributed by atoms with Gasteiger partial charge >= 0.3 is 9.28 Å². The lowest BCUT2D eigenvalue weighted by atomic mass is 9.68. The predicted octanol–water partition coefficient (Wildman–Crippen LogP) is 6.50. The van der Waals surface area contributed by atoms with Gasteiger partial charge in [-0.25, -0.2) is 0 Å².